The summed E-state index contributed by atoms with van der Waals surface area (Å²) in [5.41, 5.74) is 1.09. The van der Waals surface area contributed by atoms with Crippen molar-refractivity contribution in [1.82, 2.24) is 9.88 Å². The molecular weight excluding hydrogens is 244 g/mol. The van der Waals surface area contributed by atoms with Gasteiger partial charge >= 0.3 is 5.97 Å². The third-order valence-electron chi connectivity index (χ3n) is 3.32. The molecule has 0 aliphatic carbocycles. The quantitative estimate of drug-likeness (QED) is 0.844. The van der Waals surface area contributed by atoms with Crippen molar-refractivity contribution < 1.29 is 14.6 Å². The number of aliphatic carboxylic acids is 1. The zero-order valence-electron chi connectivity index (χ0n) is 11.0. The van der Waals surface area contributed by atoms with E-state index in [2.05, 4.69) is 9.88 Å². The van der Waals surface area contributed by atoms with Gasteiger partial charge < -0.3 is 9.84 Å². The minimum atomic E-state index is -0.799. The number of carboxylic acid groups (broad SMARTS) is 1. The van der Waals surface area contributed by atoms with Crippen LogP contribution >= 0.6 is 0 Å². The lowest BCUT2D eigenvalue weighted by Gasteiger charge is -2.31. The van der Waals surface area contributed by atoms with Crippen molar-refractivity contribution in [2.75, 3.05) is 19.7 Å². The van der Waals surface area contributed by atoms with E-state index in [1.54, 1.807) is 0 Å². The maximum absolute atomic E-state index is 10.4. The zero-order valence-corrected chi connectivity index (χ0v) is 11.0. The van der Waals surface area contributed by atoms with Crippen LogP contribution in [0.15, 0.2) is 24.4 Å². The Hall–Kier alpha value is -1.46. The smallest absolute Gasteiger partial charge is 0.305 e. The molecule has 0 radical (unpaired) electrons. The summed E-state index contributed by atoms with van der Waals surface area (Å²) in [5, 5.41) is 8.55. The molecule has 1 aliphatic heterocycles. The minimum absolute atomic E-state index is 0.0914. The summed E-state index contributed by atoms with van der Waals surface area (Å²) in [6.07, 6.45) is 4.05. The fourth-order valence-electron chi connectivity index (χ4n) is 2.27. The molecule has 2 rings (SSSR count). The Kier molecular flexibility index (Phi) is 5.30. The van der Waals surface area contributed by atoms with Gasteiger partial charge in [-0.2, -0.15) is 0 Å². The van der Waals surface area contributed by atoms with E-state index in [0.29, 0.717) is 6.61 Å². The second kappa shape index (κ2) is 7.21. The fourth-order valence-corrected chi connectivity index (χ4v) is 2.27. The van der Waals surface area contributed by atoms with Crippen LogP contribution in [0.3, 0.4) is 0 Å². The van der Waals surface area contributed by atoms with Crippen molar-refractivity contribution >= 4 is 5.97 Å². The molecule has 104 valence electrons. The maximum atomic E-state index is 10.4. The predicted molar refractivity (Wildman–Crippen MR) is 70.7 cm³/mol. The molecular formula is C14H20N2O3. The second-order valence-electron chi connectivity index (χ2n) is 4.81. The summed E-state index contributed by atoms with van der Waals surface area (Å²) in [6.45, 7) is 3.16. The summed E-state index contributed by atoms with van der Waals surface area (Å²) in [5.74, 6) is -0.799. The molecule has 1 fully saturated rings. The number of pyridine rings is 1. The summed E-state index contributed by atoms with van der Waals surface area (Å²) in [6, 6.07) is 5.96. The summed E-state index contributed by atoms with van der Waals surface area (Å²) < 4.78 is 5.57. The summed E-state index contributed by atoms with van der Waals surface area (Å²) >= 11 is 0. The molecule has 0 saturated carbocycles. The van der Waals surface area contributed by atoms with E-state index in [0.717, 1.165) is 38.2 Å². The molecule has 0 bridgehead atoms. The molecule has 1 aliphatic rings. The standard InChI is InChI=1S/C14H20N2O3/c17-14(18)6-10-19-13-4-8-16(9-5-13)11-12-3-1-2-7-15-12/h1-3,7,13H,4-6,8-11H2,(H,17,18). The Bertz CT molecular complexity index is 389. The van der Waals surface area contributed by atoms with Crippen molar-refractivity contribution in [2.24, 2.45) is 0 Å². The van der Waals surface area contributed by atoms with Gasteiger partial charge in [0, 0.05) is 25.8 Å². The monoisotopic (exact) mass is 264 g/mol. The van der Waals surface area contributed by atoms with Crippen molar-refractivity contribution in [2.45, 2.75) is 31.9 Å². The molecule has 1 aromatic heterocycles. The molecule has 19 heavy (non-hydrogen) atoms. The highest BCUT2D eigenvalue weighted by molar-refractivity contribution is 5.66. The number of nitrogens with zero attached hydrogens (tertiary/aromatic N) is 2. The molecule has 0 atom stereocenters. The Morgan fingerprint density at radius 2 is 2.21 bits per heavy atom. The average Bonchev–Trinajstić information content (AvgIpc) is 2.42. The van der Waals surface area contributed by atoms with Crippen molar-refractivity contribution in [3.05, 3.63) is 30.1 Å². The van der Waals surface area contributed by atoms with Gasteiger partial charge in [-0.3, -0.25) is 14.7 Å². The van der Waals surface area contributed by atoms with Crippen LogP contribution in [-0.4, -0.2) is 46.8 Å². The number of hydrogen-bond acceptors (Lipinski definition) is 4. The first-order valence-electron chi connectivity index (χ1n) is 6.69. The van der Waals surface area contributed by atoms with E-state index in [-0.39, 0.29) is 12.5 Å². The van der Waals surface area contributed by atoms with Gasteiger partial charge in [0.1, 0.15) is 0 Å². The number of carbonyl (C=O) groups is 1. The van der Waals surface area contributed by atoms with Crippen molar-refractivity contribution in [3.8, 4) is 0 Å². The van der Waals surface area contributed by atoms with Crippen LogP contribution < -0.4 is 0 Å². The van der Waals surface area contributed by atoms with E-state index in [1.165, 1.54) is 0 Å². The molecule has 0 unspecified atom stereocenters. The van der Waals surface area contributed by atoms with Crippen LogP contribution in [0.4, 0.5) is 0 Å². The fraction of sp³-hybridized carbons (Fsp3) is 0.571. The Labute approximate surface area is 113 Å². The normalized spacial score (nSPS) is 17.5. The Morgan fingerprint density at radius 3 is 2.84 bits per heavy atom. The number of hydrogen-bond donors (Lipinski definition) is 1. The number of aromatic nitrogens is 1. The minimum Gasteiger partial charge on any atom is -0.481 e. The van der Waals surface area contributed by atoms with E-state index in [9.17, 15) is 4.79 Å². The van der Waals surface area contributed by atoms with Crippen LogP contribution in [0, 0.1) is 0 Å². The van der Waals surface area contributed by atoms with Crippen LogP contribution in [0.5, 0.6) is 0 Å². The van der Waals surface area contributed by atoms with E-state index < -0.39 is 5.97 Å². The van der Waals surface area contributed by atoms with Gasteiger partial charge in [-0.25, -0.2) is 0 Å². The first kappa shape index (κ1) is 14.0. The lowest BCUT2D eigenvalue weighted by molar-refractivity contribution is -0.138. The van der Waals surface area contributed by atoms with Gasteiger partial charge in [-0.15, -0.1) is 0 Å². The number of carboxylic acids is 1. The Morgan fingerprint density at radius 1 is 1.42 bits per heavy atom. The van der Waals surface area contributed by atoms with Crippen LogP contribution in [0.2, 0.25) is 0 Å². The molecule has 2 heterocycles. The lowest BCUT2D eigenvalue weighted by atomic mass is 10.1. The highest BCUT2D eigenvalue weighted by Crippen LogP contribution is 2.15. The second-order valence-corrected chi connectivity index (χ2v) is 4.81. The van der Waals surface area contributed by atoms with Crippen molar-refractivity contribution in [3.63, 3.8) is 0 Å². The number of rotatable bonds is 6. The number of ether oxygens (including phenoxy) is 1. The summed E-state index contributed by atoms with van der Waals surface area (Å²) in [7, 11) is 0. The molecule has 5 nitrogen and oxygen atoms in total. The third kappa shape index (κ3) is 4.96. The molecule has 0 spiro atoms. The lowest BCUT2D eigenvalue weighted by Crippen LogP contribution is -2.37. The third-order valence-corrected chi connectivity index (χ3v) is 3.32. The van der Waals surface area contributed by atoms with E-state index >= 15 is 0 Å². The number of piperidine rings is 1. The van der Waals surface area contributed by atoms with Gasteiger partial charge in [-0.1, -0.05) is 6.07 Å². The van der Waals surface area contributed by atoms with Gasteiger partial charge in [0.05, 0.1) is 24.8 Å². The van der Waals surface area contributed by atoms with Crippen LogP contribution in [0.25, 0.3) is 0 Å². The molecule has 0 aromatic carbocycles. The molecule has 1 saturated heterocycles. The van der Waals surface area contributed by atoms with E-state index in [4.69, 9.17) is 9.84 Å². The Balaban J connectivity index is 1.66. The average molecular weight is 264 g/mol. The highest BCUT2D eigenvalue weighted by atomic mass is 16.5. The highest BCUT2D eigenvalue weighted by Gasteiger charge is 2.19. The zero-order chi connectivity index (χ0) is 13.5. The number of likely N-dealkylation sites (tertiary alicyclic amines) is 1. The largest absolute Gasteiger partial charge is 0.481 e. The first-order valence-corrected chi connectivity index (χ1v) is 6.69. The first-order chi connectivity index (χ1) is 9.24. The molecule has 0 amide bonds. The molecule has 1 N–H and O–H groups in total. The summed E-state index contributed by atoms with van der Waals surface area (Å²) in [4.78, 5) is 17.1. The topological polar surface area (TPSA) is 62.7 Å². The van der Waals surface area contributed by atoms with E-state index in [1.807, 2.05) is 24.4 Å². The molecule has 1 aromatic rings. The van der Waals surface area contributed by atoms with Crippen molar-refractivity contribution in [1.29, 1.82) is 0 Å². The van der Waals surface area contributed by atoms with Crippen LogP contribution in [-0.2, 0) is 16.1 Å². The van der Waals surface area contributed by atoms with Gasteiger partial charge in [0.15, 0.2) is 0 Å². The van der Waals surface area contributed by atoms with Gasteiger partial charge in [-0.05, 0) is 25.0 Å². The van der Waals surface area contributed by atoms with Crippen LogP contribution in [0.1, 0.15) is 25.0 Å². The van der Waals surface area contributed by atoms with Gasteiger partial charge in [0.2, 0.25) is 0 Å². The maximum Gasteiger partial charge on any atom is 0.305 e. The van der Waals surface area contributed by atoms with Gasteiger partial charge in [0.25, 0.3) is 0 Å². The molecule has 5 heteroatoms. The SMILES string of the molecule is O=C(O)CCOC1CCN(Cc2ccccn2)CC1. The predicted octanol–water partition coefficient (Wildman–Crippen LogP) is 1.54.